The lowest BCUT2D eigenvalue weighted by Crippen LogP contribution is -2.13. The molecule has 6 heteroatoms. The van der Waals surface area contributed by atoms with Crippen LogP contribution in [0, 0.1) is 6.92 Å². The van der Waals surface area contributed by atoms with E-state index < -0.39 is 9.84 Å². The summed E-state index contributed by atoms with van der Waals surface area (Å²) in [7, 11) is -0.243. The minimum Gasteiger partial charge on any atom is -0.423 e. The molecule has 22 heavy (non-hydrogen) atoms. The summed E-state index contributed by atoms with van der Waals surface area (Å²) in [5, 5.41) is -0.0359. The zero-order chi connectivity index (χ0) is 16.7. The lowest BCUT2D eigenvalue weighted by atomic mass is 9.97. The average molecular weight is 322 g/mol. The van der Waals surface area contributed by atoms with Gasteiger partial charge in [0.15, 0.2) is 0 Å². The van der Waals surface area contributed by atoms with Crippen LogP contribution < -0.4 is 4.90 Å². The van der Waals surface area contributed by atoms with Crippen LogP contribution in [0.15, 0.2) is 38.6 Å². The van der Waals surface area contributed by atoms with Gasteiger partial charge in [-0.05, 0) is 19.1 Å². The molecule has 0 N–H and O–H groups in total. The Morgan fingerprint density at radius 2 is 1.64 bits per heavy atom. The third kappa shape index (κ3) is 3.02. The first-order valence-corrected chi connectivity index (χ1v) is 8.52. The lowest BCUT2D eigenvalue weighted by molar-refractivity contribution is 0.395. The van der Waals surface area contributed by atoms with Gasteiger partial charge in [0.1, 0.15) is 0 Å². The van der Waals surface area contributed by atoms with Crippen LogP contribution in [-0.4, -0.2) is 27.5 Å². The molecular formula is C16H22N2O3S. The van der Waals surface area contributed by atoms with Gasteiger partial charge in [-0.3, -0.25) is 0 Å². The number of nitrogens with zero attached hydrogens (tertiary/aromatic N) is 2. The zero-order valence-corrected chi connectivity index (χ0v) is 14.7. The highest BCUT2D eigenvalue weighted by Gasteiger charge is 2.32. The van der Waals surface area contributed by atoms with Gasteiger partial charge in [-0.1, -0.05) is 38.5 Å². The van der Waals surface area contributed by atoms with Gasteiger partial charge < -0.3 is 9.32 Å². The van der Waals surface area contributed by atoms with Crippen LogP contribution in [-0.2, 0) is 15.3 Å². The SMILES string of the molecule is Cc1ccc(S(=O)(=O)c2nc(C(C)(C)C)oc2N(C)C)cc1. The fraction of sp³-hybridized carbons (Fsp3) is 0.438. The molecule has 1 aromatic carbocycles. The summed E-state index contributed by atoms with van der Waals surface area (Å²) in [6.45, 7) is 7.71. The molecule has 0 aliphatic rings. The smallest absolute Gasteiger partial charge is 0.235 e. The van der Waals surface area contributed by atoms with Crippen molar-refractivity contribution in [1.82, 2.24) is 4.98 Å². The maximum Gasteiger partial charge on any atom is 0.235 e. The molecule has 0 unspecified atom stereocenters. The van der Waals surface area contributed by atoms with Crippen LogP contribution in [0.3, 0.4) is 0 Å². The molecule has 0 bridgehead atoms. The summed E-state index contributed by atoms with van der Waals surface area (Å²) in [5.41, 5.74) is 0.633. The quantitative estimate of drug-likeness (QED) is 0.868. The summed E-state index contributed by atoms with van der Waals surface area (Å²) in [5.74, 6) is 0.660. The summed E-state index contributed by atoms with van der Waals surface area (Å²) < 4.78 is 31.4. The normalized spacial score (nSPS) is 12.5. The van der Waals surface area contributed by atoms with Crippen molar-refractivity contribution in [2.75, 3.05) is 19.0 Å². The van der Waals surface area contributed by atoms with Crippen molar-refractivity contribution in [3.05, 3.63) is 35.7 Å². The summed E-state index contributed by atoms with van der Waals surface area (Å²) in [6.07, 6.45) is 0. The molecule has 0 atom stereocenters. The number of anilines is 1. The van der Waals surface area contributed by atoms with Crippen molar-refractivity contribution in [3.8, 4) is 0 Å². The Bertz CT molecular complexity index is 767. The molecule has 5 nitrogen and oxygen atoms in total. The topological polar surface area (TPSA) is 63.4 Å². The Kier molecular flexibility index (Phi) is 4.08. The number of oxazole rings is 1. The number of aryl methyl sites for hydroxylation is 1. The third-order valence-corrected chi connectivity index (χ3v) is 4.88. The molecule has 0 aliphatic carbocycles. The molecule has 2 rings (SSSR count). The zero-order valence-electron chi connectivity index (χ0n) is 13.8. The van der Waals surface area contributed by atoms with Crippen LogP contribution in [0.5, 0.6) is 0 Å². The molecule has 1 aromatic heterocycles. The highest BCUT2D eigenvalue weighted by Crippen LogP contribution is 2.34. The van der Waals surface area contributed by atoms with Crippen LogP contribution in [0.2, 0.25) is 0 Å². The minimum atomic E-state index is -3.72. The standard InChI is InChI=1S/C16H22N2O3S/c1-11-7-9-12(10-8-11)22(19,20)13-14(18(5)6)21-15(17-13)16(2,3)4/h7-10H,1-6H3. The fourth-order valence-electron chi connectivity index (χ4n) is 1.91. The molecule has 0 saturated carbocycles. The van der Waals surface area contributed by atoms with E-state index in [9.17, 15) is 8.42 Å². The van der Waals surface area contributed by atoms with Gasteiger partial charge in [-0.2, -0.15) is 4.98 Å². The summed E-state index contributed by atoms with van der Waals surface area (Å²) in [6, 6.07) is 6.73. The second kappa shape index (κ2) is 5.43. The van der Waals surface area contributed by atoms with Gasteiger partial charge in [0, 0.05) is 19.5 Å². The maximum absolute atomic E-state index is 12.9. The van der Waals surface area contributed by atoms with Crippen molar-refractivity contribution in [1.29, 1.82) is 0 Å². The first-order chi connectivity index (χ1) is 10.0. The van der Waals surface area contributed by atoms with E-state index in [1.807, 2.05) is 27.7 Å². The molecule has 120 valence electrons. The molecule has 0 saturated heterocycles. The van der Waals surface area contributed by atoms with Crippen molar-refractivity contribution >= 4 is 15.7 Å². The van der Waals surface area contributed by atoms with Gasteiger partial charge >= 0.3 is 0 Å². The van der Waals surface area contributed by atoms with Crippen molar-refractivity contribution in [2.24, 2.45) is 0 Å². The van der Waals surface area contributed by atoms with Gasteiger partial charge in [0.05, 0.1) is 4.90 Å². The number of rotatable bonds is 3. The number of hydrogen-bond donors (Lipinski definition) is 0. The average Bonchev–Trinajstić information content (AvgIpc) is 2.85. The van der Waals surface area contributed by atoms with E-state index in [1.165, 1.54) is 0 Å². The van der Waals surface area contributed by atoms with Crippen molar-refractivity contribution in [3.63, 3.8) is 0 Å². The molecule has 2 aromatic rings. The van der Waals surface area contributed by atoms with E-state index in [4.69, 9.17) is 4.42 Å². The second-order valence-electron chi connectivity index (χ2n) is 6.59. The molecule has 0 fully saturated rings. The van der Waals surface area contributed by atoms with E-state index in [-0.39, 0.29) is 21.2 Å². The van der Waals surface area contributed by atoms with Crippen LogP contribution in [0.25, 0.3) is 0 Å². The van der Waals surface area contributed by atoms with Gasteiger partial charge in [-0.15, -0.1) is 0 Å². The van der Waals surface area contributed by atoms with E-state index >= 15 is 0 Å². The number of hydrogen-bond acceptors (Lipinski definition) is 5. The molecule has 0 spiro atoms. The Balaban J connectivity index is 2.64. The van der Waals surface area contributed by atoms with Crippen molar-refractivity contribution < 1.29 is 12.8 Å². The number of aromatic nitrogens is 1. The van der Waals surface area contributed by atoms with E-state index in [1.54, 1.807) is 43.3 Å². The van der Waals surface area contributed by atoms with Gasteiger partial charge in [0.25, 0.3) is 0 Å². The van der Waals surface area contributed by atoms with Crippen LogP contribution in [0.1, 0.15) is 32.2 Å². The Labute approximate surface area is 131 Å². The second-order valence-corrected chi connectivity index (χ2v) is 8.46. The largest absolute Gasteiger partial charge is 0.423 e. The lowest BCUT2D eigenvalue weighted by Gasteiger charge is -2.13. The van der Waals surface area contributed by atoms with E-state index in [2.05, 4.69) is 4.98 Å². The molecule has 0 aliphatic heterocycles. The number of sulfone groups is 1. The first-order valence-electron chi connectivity index (χ1n) is 7.04. The first kappa shape index (κ1) is 16.5. The predicted molar refractivity (Wildman–Crippen MR) is 86.2 cm³/mol. The Hall–Kier alpha value is -1.82. The van der Waals surface area contributed by atoms with E-state index in [0.717, 1.165) is 5.56 Å². The highest BCUT2D eigenvalue weighted by molar-refractivity contribution is 7.91. The third-order valence-electron chi connectivity index (χ3n) is 3.21. The fourth-order valence-corrected chi connectivity index (χ4v) is 3.28. The maximum atomic E-state index is 12.9. The van der Waals surface area contributed by atoms with Gasteiger partial charge in [0.2, 0.25) is 26.6 Å². The molecule has 1 heterocycles. The monoisotopic (exact) mass is 322 g/mol. The predicted octanol–water partition coefficient (Wildman–Crippen LogP) is 3.18. The highest BCUT2D eigenvalue weighted by atomic mass is 32.2. The van der Waals surface area contributed by atoms with Crippen molar-refractivity contribution in [2.45, 2.75) is 43.0 Å². The molecule has 0 amide bonds. The Morgan fingerprint density at radius 1 is 1.09 bits per heavy atom. The Morgan fingerprint density at radius 3 is 2.09 bits per heavy atom. The molecule has 0 radical (unpaired) electrons. The van der Waals surface area contributed by atoms with Crippen LogP contribution >= 0.6 is 0 Å². The minimum absolute atomic E-state index is 0.0359. The van der Waals surface area contributed by atoms with E-state index in [0.29, 0.717) is 5.89 Å². The molecular weight excluding hydrogens is 300 g/mol. The summed E-state index contributed by atoms with van der Waals surface area (Å²) >= 11 is 0. The van der Waals surface area contributed by atoms with Crippen LogP contribution in [0.4, 0.5) is 5.88 Å². The van der Waals surface area contributed by atoms with Gasteiger partial charge in [-0.25, -0.2) is 8.42 Å². The number of benzene rings is 1. The summed E-state index contributed by atoms with van der Waals surface area (Å²) in [4.78, 5) is 6.12.